The highest BCUT2D eigenvalue weighted by atomic mass is 19.1. The van der Waals surface area contributed by atoms with E-state index in [-0.39, 0.29) is 17.0 Å². The Morgan fingerprint density at radius 2 is 1.62 bits per heavy atom. The molecule has 5 nitrogen and oxygen atoms in total. The Kier molecular flexibility index (Phi) is 6.00. The van der Waals surface area contributed by atoms with Crippen LogP contribution in [0.4, 0.5) is 14.5 Å². The van der Waals surface area contributed by atoms with E-state index in [0.717, 1.165) is 29.5 Å². The average molecular weight is 440 g/mol. The Morgan fingerprint density at radius 3 is 2.25 bits per heavy atom. The zero-order chi connectivity index (χ0) is 23.0. The molecule has 0 aromatic heterocycles. The third kappa shape index (κ3) is 3.99. The first-order valence-electron chi connectivity index (χ1n) is 10.9. The van der Waals surface area contributed by atoms with Crippen molar-refractivity contribution < 1.29 is 23.1 Å². The number of amides is 2. The van der Waals surface area contributed by atoms with E-state index < -0.39 is 23.4 Å². The van der Waals surface area contributed by atoms with Crippen LogP contribution in [0.1, 0.15) is 32.8 Å². The molecule has 0 saturated carbocycles. The second-order valence-corrected chi connectivity index (χ2v) is 8.57. The molecule has 0 bridgehead atoms. The fourth-order valence-electron chi connectivity index (χ4n) is 4.68. The molecule has 2 aromatic rings. The first-order chi connectivity index (χ1) is 15.3. The minimum atomic E-state index is -0.833. The van der Waals surface area contributed by atoms with Crippen LogP contribution in [0.2, 0.25) is 0 Å². The van der Waals surface area contributed by atoms with Crippen LogP contribution in [0.25, 0.3) is 5.57 Å². The monoisotopic (exact) mass is 440 g/mol. The lowest BCUT2D eigenvalue weighted by molar-refractivity contribution is -0.121. The number of ether oxygens (including phenoxy) is 1. The minimum Gasteiger partial charge on any atom is -0.494 e. The molecule has 2 heterocycles. The lowest BCUT2D eigenvalue weighted by Crippen LogP contribution is -2.42. The number of benzene rings is 2. The molecule has 0 radical (unpaired) electrons. The van der Waals surface area contributed by atoms with Crippen molar-refractivity contribution in [2.45, 2.75) is 27.2 Å². The van der Waals surface area contributed by atoms with Crippen LogP contribution in [-0.4, -0.2) is 36.4 Å². The second kappa shape index (κ2) is 8.73. The number of rotatable bonds is 5. The van der Waals surface area contributed by atoms with Crippen molar-refractivity contribution in [3.63, 3.8) is 0 Å². The third-order valence-corrected chi connectivity index (χ3v) is 5.85. The topological polar surface area (TPSA) is 49.9 Å². The molecule has 0 aliphatic carbocycles. The molecule has 0 N–H and O–H groups in total. The highest BCUT2D eigenvalue weighted by molar-refractivity contribution is 6.45. The number of carbonyl (C=O) groups excluding carboxylic acids is 2. The Labute approximate surface area is 186 Å². The quantitative estimate of drug-likeness (QED) is 0.637. The summed E-state index contributed by atoms with van der Waals surface area (Å²) in [6, 6.07) is 9.65. The summed E-state index contributed by atoms with van der Waals surface area (Å²) in [6.45, 7) is 7.80. The van der Waals surface area contributed by atoms with Crippen molar-refractivity contribution in [3.05, 3.63) is 65.4 Å². The molecule has 0 spiro atoms. The highest BCUT2D eigenvalue weighted by Crippen LogP contribution is 2.38. The van der Waals surface area contributed by atoms with Gasteiger partial charge in [-0.15, -0.1) is 0 Å². The number of nitrogens with zero attached hydrogens (tertiary/aromatic N) is 2. The van der Waals surface area contributed by atoms with Gasteiger partial charge in [0.05, 0.1) is 17.9 Å². The van der Waals surface area contributed by atoms with Gasteiger partial charge in [-0.05, 0) is 55.0 Å². The standard InChI is InChI=1S/C25H26F2N2O3/c1-4-32-19-8-5-17(6-9-19)22-23(28-13-15(2)11-16(3)14-28)25(31)29(24(22)30)21-12-18(26)7-10-20(21)27/h5-10,12,15-16H,4,11,13-14H2,1-3H3. The zero-order valence-corrected chi connectivity index (χ0v) is 18.4. The number of piperidine rings is 1. The van der Waals surface area contributed by atoms with Gasteiger partial charge in [-0.2, -0.15) is 0 Å². The Hall–Kier alpha value is -3.22. The van der Waals surface area contributed by atoms with Crippen LogP contribution in [0, 0.1) is 23.5 Å². The molecule has 2 unspecified atom stereocenters. The Bertz CT molecular complexity index is 1070. The molecule has 2 atom stereocenters. The van der Waals surface area contributed by atoms with Crippen molar-refractivity contribution in [1.29, 1.82) is 0 Å². The van der Waals surface area contributed by atoms with E-state index in [9.17, 15) is 18.4 Å². The first kappa shape index (κ1) is 22.0. The summed E-state index contributed by atoms with van der Waals surface area (Å²) in [5.74, 6) is -1.55. The van der Waals surface area contributed by atoms with E-state index in [0.29, 0.717) is 42.8 Å². The van der Waals surface area contributed by atoms with Crippen LogP contribution in [-0.2, 0) is 9.59 Å². The summed E-state index contributed by atoms with van der Waals surface area (Å²) >= 11 is 0. The van der Waals surface area contributed by atoms with Crippen molar-refractivity contribution in [3.8, 4) is 5.75 Å². The van der Waals surface area contributed by atoms with Gasteiger partial charge < -0.3 is 9.64 Å². The van der Waals surface area contributed by atoms with Crippen molar-refractivity contribution in [1.82, 2.24) is 4.90 Å². The fraction of sp³-hybridized carbons (Fsp3) is 0.360. The molecule has 168 valence electrons. The summed E-state index contributed by atoms with van der Waals surface area (Å²) in [4.78, 5) is 29.7. The minimum absolute atomic E-state index is 0.197. The average Bonchev–Trinajstić information content (AvgIpc) is 3.00. The van der Waals surface area contributed by atoms with Crippen molar-refractivity contribution in [2.75, 3.05) is 24.6 Å². The van der Waals surface area contributed by atoms with Gasteiger partial charge in [0.1, 0.15) is 23.1 Å². The molecule has 2 aliphatic rings. The largest absolute Gasteiger partial charge is 0.494 e. The summed E-state index contributed by atoms with van der Waals surface area (Å²) < 4.78 is 33.9. The number of likely N-dealkylation sites (tertiary alicyclic amines) is 1. The summed E-state index contributed by atoms with van der Waals surface area (Å²) in [6.07, 6.45) is 1.02. The molecular formula is C25H26F2N2O3. The summed E-state index contributed by atoms with van der Waals surface area (Å²) in [5, 5.41) is 0. The lowest BCUT2D eigenvalue weighted by Gasteiger charge is -2.37. The molecule has 2 amide bonds. The molecule has 1 fully saturated rings. The van der Waals surface area contributed by atoms with Crippen molar-refractivity contribution in [2.24, 2.45) is 11.8 Å². The molecule has 1 saturated heterocycles. The fourth-order valence-corrected chi connectivity index (χ4v) is 4.68. The number of hydrogen-bond donors (Lipinski definition) is 0. The van der Waals surface area contributed by atoms with Crippen LogP contribution in [0.3, 0.4) is 0 Å². The maximum atomic E-state index is 14.6. The number of anilines is 1. The number of hydrogen-bond acceptors (Lipinski definition) is 4. The number of halogens is 2. The van der Waals surface area contributed by atoms with E-state index >= 15 is 0 Å². The van der Waals surface area contributed by atoms with Gasteiger partial charge in [0.2, 0.25) is 0 Å². The molecule has 32 heavy (non-hydrogen) atoms. The van der Waals surface area contributed by atoms with E-state index in [4.69, 9.17) is 4.74 Å². The van der Waals surface area contributed by atoms with E-state index in [2.05, 4.69) is 13.8 Å². The SMILES string of the molecule is CCOc1ccc(C2=C(N3CC(C)CC(C)C3)C(=O)N(c3cc(F)ccc3F)C2=O)cc1. The van der Waals surface area contributed by atoms with Crippen LogP contribution in [0.5, 0.6) is 5.75 Å². The predicted molar refractivity (Wildman–Crippen MR) is 118 cm³/mol. The summed E-state index contributed by atoms with van der Waals surface area (Å²) in [5.41, 5.74) is 0.591. The molecule has 2 aliphatic heterocycles. The lowest BCUT2D eigenvalue weighted by atomic mass is 9.91. The van der Waals surface area contributed by atoms with E-state index in [1.54, 1.807) is 24.3 Å². The molecule has 7 heteroatoms. The third-order valence-electron chi connectivity index (χ3n) is 5.85. The maximum Gasteiger partial charge on any atom is 0.282 e. The van der Waals surface area contributed by atoms with Gasteiger partial charge >= 0.3 is 0 Å². The second-order valence-electron chi connectivity index (χ2n) is 8.57. The highest BCUT2D eigenvalue weighted by Gasteiger charge is 2.44. The Balaban J connectivity index is 1.83. The smallest absolute Gasteiger partial charge is 0.282 e. The van der Waals surface area contributed by atoms with Gasteiger partial charge in [-0.3, -0.25) is 9.59 Å². The Morgan fingerprint density at radius 1 is 0.969 bits per heavy atom. The number of imide groups is 1. The van der Waals surface area contributed by atoms with Gasteiger partial charge in [-0.1, -0.05) is 26.0 Å². The molecular weight excluding hydrogens is 414 g/mol. The van der Waals surface area contributed by atoms with Crippen LogP contribution in [0.15, 0.2) is 48.2 Å². The molecule has 4 rings (SSSR count). The summed E-state index contributed by atoms with van der Waals surface area (Å²) in [7, 11) is 0. The van der Waals surface area contributed by atoms with Gasteiger partial charge in [-0.25, -0.2) is 13.7 Å². The zero-order valence-electron chi connectivity index (χ0n) is 18.4. The van der Waals surface area contributed by atoms with E-state index in [1.807, 2.05) is 11.8 Å². The number of carbonyl (C=O) groups is 2. The van der Waals surface area contributed by atoms with Crippen molar-refractivity contribution >= 4 is 23.1 Å². The molecule has 2 aromatic carbocycles. The van der Waals surface area contributed by atoms with Gasteiger partial charge in [0.25, 0.3) is 11.8 Å². The first-order valence-corrected chi connectivity index (χ1v) is 10.9. The normalized spacial score (nSPS) is 21.5. The van der Waals surface area contributed by atoms with Gasteiger partial charge in [0, 0.05) is 19.2 Å². The predicted octanol–water partition coefficient (Wildman–Crippen LogP) is 4.63. The van der Waals surface area contributed by atoms with Crippen LogP contribution >= 0.6 is 0 Å². The van der Waals surface area contributed by atoms with Crippen LogP contribution < -0.4 is 9.64 Å². The maximum absolute atomic E-state index is 14.6. The van der Waals surface area contributed by atoms with E-state index in [1.165, 1.54) is 0 Å². The van der Waals surface area contributed by atoms with Gasteiger partial charge in [0.15, 0.2) is 0 Å².